The topological polar surface area (TPSA) is 45.7 Å². The van der Waals surface area contributed by atoms with Crippen molar-refractivity contribution in [2.45, 2.75) is 32.6 Å². The Kier molecular flexibility index (Phi) is 7.03. The molecule has 1 heterocycles. The largest absolute Gasteiger partial charge is 0.379 e. The monoisotopic (exact) mass is 309 g/mol. The third-order valence-corrected chi connectivity index (χ3v) is 4.59. The minimum Gasteiger partial charge on any atom is -0.379 e. The summed E-state index contributed by atoms with van der Waals surface area (Å²) >= 11 is 1.80. The predicted octanol–water partition coefficient (Wildman–Crippen LogP) is 2.83. The van der Waals surface area contributed by atoms with E-state index in [1.165, 1.54) is 17.7 Å². The van der Waals surface area contributed by atoms with Gasteiger partial charge in [0.2, 0.25) is 0 Å². The molecule has 0 amide bonds. The van der Waals surface area contributed by atoms with Gasteiger partial charge in [-0.15, -0.1) is 11.3 Å². The third-order valence-electron chi connectivity index (χ3n) is 3.49. The van der Waals surface area contributed by atoms with Crippen molar-refractivity contribution in [2.24, 2.45) is 10.9 Å². The molecule has 5 heteroatoms. The highest BCUT2D eigenvalue weighted by molar-refractivity contribution is 7.10. The van der Waals surface area contributed by atoms with Gasteiger partial charge in [0.25, 0.3) is 0 Å². The van der Waals surface area contributed by atoms with Crippen LogP contribution in [0.4, 0.5) is 0 Å². The maximum atomic E-state index is 5.63. The molecule has 1 unspecified atom stereocenters. The van der Waals surface area contributed by atoms with Crippen LogP contribution in [0.15, 0.2) is 22.5 Å². The summed E-state index contributed by atoms with van der Waals surface area (Å²) in [5.74, 6) is 2.18. The standard InChI is InChI=1S/C16H27N3OS/c1-3-17-16(18-8-9-20-12-14-6-7-14)19-11-13(2)15-5-4-10-21-15/h4-5,10,13-14H,3,6-9,11-12H2,1-2H3,(H2,17,18,19). The number of nitrogens with one attached hydrogen (secondary N) is 2. The summed E-state index contributed by atoms with van der Waals surface area (Å²) in [7, 11) is 0. The summed E-state index contributed by atoms with van der Waals surface area (Å²) in [6, 6.07) is 4.28. The van der Waals surface area contributed by atoms with Crippen LogP contribution >= 0.6 is 11.3 Å². The van der Waals surface area contributed by atoms with E-state index in [1.54, 1.807) is 11.3 Å². The van der Waals surface area contributed by atoms with E-state index in [4.69, 9.17) is 4.74 Å². The lowest BCUT2D eigenvalue weighted by Crippen LogP contribution is -2.39. The van der Waals surface area contributed by atoms with Gasteiger partial charge in [-0.1, -0.05) is 13.0 Å². The Labute approximate surface area is 132 Å². The molecular formula is C16H27N3OS. The average molecular weight is 309 g/mol. The molecule has 2 N–H and O–H groups in total. The van der Waals surface area contributed by atoms with Gasteiger partial charge in [-0.05, 0) is 37.1 Å². The van der Waals surface area contributed by atoms with Crippen molar-refractivity contribution < 1.29 is 4.74 Å². The van der Waals surface area contributed by atoms with Gasteiger partial charge < -0.3 is 15.4 Å². The van der Waals surface area contributed by atoms with Crippen molar-refractivity contribution in [1.82, 2.24) is 10.6 Å². The zero-order valence-corrected chi connectivity index (χ0v) is 13.9. The first-order valence-corrected chi connectivity index (χ1v) is 8.81. The zero-order chi connectivity index (χ0) is 14.9. The molecule has 1 atom stereocenters. The first-order valence-electron chi connectivity index (χ1n) is 7.93. The highest BCUT2D eigenvalue weighted by atomic mass is 32.1. The molecule has 0 spiro atoms. The summed E-state index contributed by atoms with van der Waals surface area (Å²) in [5.41, 5.74) is 0. The zero-order valence-electron chi connectivity index (χ0n) is 13.1. The van der Waals surface area contributed by atoms with Crippen LogP contribution in [-0.4, -0.2) is 38.8 Å². The molecule has 0 radical (unpaired) electrons. The molecule has 2 rings (SSSR count). The second-order valence-corrected chi connectivity index (χ2v) is 6.56. The van der Waals surface area contributed by atoms with Crippen LogP contribution < -0.4 is 10.6 Å². The van der Waals surface area contributed by atoms with Gasteiger partial charge in [0, 0.05) is 30.5 Å². The number of aliphatic imine (C=N–C) groups is 1. The van der Waals surface area contributed by atoms with Crippen LogP contribution in [0, 0.1) is 5.92 Å². The van der Waals surface area contributed by atoms with Gasteiger partial charge in [0.15, 0.2) is 5.96 Å². The molecule has 1 aromatic rings. The van der Waals surface area contributed by atoms with E-state index in [0.29, 0.717) is 5.92 Å². The summed E-state index contributed by atoms with van der Waals surface area (Å²) < 4.78 is 5.63. The fraction of sp³-hybridized carbons (Fsp3) is 0.688. The quantitative estimate of drug-likeness (QED) is 0.419. The van der Waals surface area contributed by atoms with Gasteiger partial charge in [0.05, 0.1) is 13.2 Å². The molecule has 1 aromatic heterocycles. The number of thiophene rings is 1. The second-order valence-electron chi connectivity index (χ2n) is 5.58. The summed E-state index contributed by atoms with van der Waals surface area (Å²) in [4.78, 5) is 6.05. The van der Waals surface area contributed by atoms with E-state index in [0.717, 1.165) is 44.7 Å². The first kappa shape index (κ1) is 16.3. The molecule has 4 nitrogen and oxygen atoms in total. The van der Waals surface area contributed by atoms with Gasteiger partial charge in [-0.2, -0.15) is 0 Å². The molecule has 0 saturated heterocycles. The maximum Gasteiger partial charge on any atom is 0.191 e. The lowest BCUT2D eigenvalue weighted by molar-refractivity contribution is 0.129. The summed E-state index contributed by atoms with van der Waals surface area (Å²) in [6.07, 6.45) is 2.69. The Morgan fingerprint density at radius 1 is 1.48 bits per heavy atom. The van der Waals surface area contributed by atoms with Crippen molar-refractivity contribution in [1.29, 1.82) is 0 Å². The lowest BCUT2D eigenvalue weighted by atomic mass is 10.1. The van der Waals surface area contributed by atoms with Crippen molar-refractivity contribution in [3.63, 3.8) is 0 Å². The molecule has 1 aliphatic rings. The molecule has 0 aromatic carbocycles. The van der Waals surface area contributed by atoms with E-state index >= 15 is 0 Å². The average Bonchev–Trinajstić information content (AvgIpc) is 3.14. The van der Waals surface area contributed by atoms with Crippen molar-refractivity contribution in [2.75, 3.05) is 32.8 Å². The SMILES string of the molecule is CCNC(=NCC(C)c1cccs1)NCCOCC1CC1. The minimum atomic E-state index is 0.464. The lowest BCUT2D eigenvalue weighted by Gasteiger charge is -2.13. The number of hydrogen-bond donors (Lipinski definition) is 2. The Hall–Kier alpha value is -1.07. The number of guanidine groups is 1. The van der Waals surface area contributed by atoms with Gasteiger partial charge in [-0.25, -0.2) is 0 Å². The van der Waals surface area contributed by atoms with E-state index in [9.17, 15) is 0 Å². The van der Waals surface area contributed by atoms with Crippen LogP contribution in [0.5, 0.6) is 0 Å². The molecule has 0 bridgehead atoms. The van der Waals surface area contributed by atoms with Gasteiger partial charge >= 0.3 is 0 Å². The Bertz CT molecular complexity index is 415. The van der Waals surface area contributed by atoms with Crippen LogP contribution in [-0.2, 0) is 4.74 Å². The fourth-order valence-corrected chi connectivity index (χ4v) is 2.79. The van der Waals surface area contributed by atoms with Crippen LogP contribution in [0.25, 0.3) is 0 Å². The Morgan fingerprint density at radius 2 is 2.33 bits per heavy atom. The predicted molar refractivity (Wildman–Crippen MR) is 90.3 cm³/mol. The van der Waals surface area contributed by atoms with Crippen molar-refractivity contribution >= 4 is 17.3 Å². The highest BCUT2D eigenvalue weighted by Crippen LogP contribution is 2.28. The van der Waals surface area contributed by atoms with Gasteiger partial charge in [0.1, 0.15) is 0 Å². The number of rotatable bonds is 9. The van der Waals surface area contributed by atoms with E-state index in [1.807, 2.05) is 0 Å². The van der Waals surface area contributed by atoms with E-state index in [-0.39, 0.29) is 0 Å². The maximum absolute atomic E-state index is 5.63. The van der Waals surface area contributed by atoms with Crippen molar-refractivity contribution in [3.8, 4) is 0 Å². The Balaban J connectivity index is 1.67. The van der Waals surface area contributed by atoms with Crippen molar-refractivity contribution in [3.05, 3.63) is 22.4 Å². The number of hydrogen-bond acceptors (Lipinski definition) is 3. The third kappa shape index (κ3) is 6.48. The second kappa shape index (κ2) is 9.05. The van der Waals surface area contributed by atoms with Crippen LogP contribution in [0.2, 0.25) is 0 Å². The van der Waals surface area contributed by atoms with Gasteiger partial charge in [-0.3, -0.25) is 4.99 Å². The van der Waals surface area contributed by atoms with E-state index in [2.05, 4.69) is 47.0 Å². The molecule has 1 saturated carbocycles. The first-order chi connectivity index (χ1) is 10.3. The van der Waals surface area contributed by atoms with Crippen LogP contribution in [0.3, 0.4) is 0 Å². The van der Waals surface area contributed by atoms with Crippen LogP contribution in [0.1, 0.15) is 37.5 Å². The summed E-state index contributed by atoms with van der Waals surface area (Å²) in [5, 5.41) is 8.74. The minimum absolute atomic E-state index is 0.464. The molecule has 21 heavy (non-hydrogen) atoms. The number of ether oxygens (including phenoxy) is 1. The fourth-order valence-electron chi connectivity index (χ4n) is 2.01. The summed E-state index contributed by atoms with van der Waals surface area (Å²) in [6.45, 7) is 8.47. The van der Waals surface area contributed by atoms with E-state index < -0.39 is 0 Å². The molecular weight excluding hydrogens is 282 g/mol. The molecule has 1 fully saturated rings. The number of nitrogens with zero attached hydrogens (tertiary/aromatic N) is 1. The smallest absolute Gasteiger partial charge is 0.191 e. The molecule has 0 aliphatic heterocycles. The highest BCUT2D eigenvalue weighted by Gasteiger charge is 2.20. The molecule has 118 valence electrons. The normalized spacial score (nSPS) is 16.8. The molecule has 1 aliphatic carbocycles. The Morgan fingerprint density at radius 3 is 3.00 bits per heavy atom.